The van der Waals surface area contributed by atoms with Crippen LogP contribution in [-0.4, -0.2) is 35.1 Å². The maximum atomic E-state index is 11.6. The first-order valence-corrected chi connectivity index (χ1v) is 11.8. The molecule has 5 nitrogen and oxygen atoms in total. The van der Waals surface area contributed by atoms with Gasteiger partial charge in [-0.1, -0.05) is 39.5 Å². The zero-order valence-corrected chi connectivity index (χ0v) is 18.5. The van der Waals surface area contributed by atoms with Crippen molar-refractivity contribution in [3.8, 4) is 11.5 Å². The summed E-state index contributed by atoms with van der Waals surface area (Å²) in [6, 6.07) is 5.63. The largest absolute Gasteiger partial charge is 0.493 e. The molecule has 1 rings (SSSR count). The number of carbonyl (C=O) groups is 1. The van der Waals surface area contributed by atoms with Crippen LogP contribution in [0.5, 0.6) is 11.5 Å². The maximum Gasteiger partial charge on any atom is 0.330 e. The van der Waals surface area contributed by atoms with Crippen molar-refractivity contribution in [2.24, 2.45) is 0 Å². The fourth-order valence-electron chi connectivity index (χ4n) is 2.08. The van der Waals surface area contributed by atoms with Gasteiger partial charge in [0.2, 0.25) is 0 Å². The highest BCUT2D eigenvalue weighted by molar-refractivity contribution is 6.74. The monoisotopic (exact) mass is 392 g/mol. The maximum absolute atomic E-state index is 11.6. The van der Waals surface area contributed by atoms with E-state index >= 15 is 0 Å². The van der Waals surface area contributed by atoms with E-state index in [4.69, 9.17) is 18.6 Å². The summed E-state index contributed by atoms with van der Waals surface area (Å²) in [5, 5.41) is 0.0292. The second kappa shape index (κ2) is 9.76. The summed E-state index contributed by atoms with van der Waals surface area (Å²) in [5.74, 6) is 0.811. The molecule has 150 valence electrons. The van der Waals surface area contributed by atoms with Gasteiger partial charge in [0.25, 0.3) is 0 Å². The Labute approximate surface area is 164 Å². The summed E-state index contributed by atoms with van der Waals surface area (Å²) in [5.41, 5.74) is 0.878. The van der Waals surface area contributed by atoms with Gasteiger partial charge in [0.15, 0.2) is 19.8 Å². The van der Waals surface area contributed by atoms with Crippen LogP contribution in [0, 0.1) is 0 Å². The van der Waals surface area contributed by atoms with E-state index in [1.54, 1.807) is 19.3 Å². The molecule has 0 bridgehead atoms. The lowest BCUT2D eigenvalue weighted by molar-refractivity contribution is -0.134. The van der Waals surface area contributed by atoms with Crippen LogP contribution in [0.1, 0.15) is 32.4 Å². The minimum atomic E-state index is -2.08. The smallest absolute Gasteiger partial charge is 0.330 e. The van der Waals surface area contributed by atoms with Crippen LogP contribution in [0.25, 0.3) is 0 Å². The summed E-state index contributed by atoms with van der Waals surface area (Å²) in [4.78, 5) is 11.6. The van der Waals surface area contributed by atoms with Crippen LogP contribution in [-0.2, 0) is 14.0 Å². The average molecular weight is 393 g/mol. The molecule has 1 aromatic carbocycles. The molecule has 0 N–H and O–H groups in total. The molecule has 0 radical (unpaired) electrons. The fourth-order valence-corrected chi connectivity index (χ4v) is 3.28. The first-order chi connectivity index (χ1) is 12.6. The van der Waals surface area contributed by atoms with Gasteiger partial charge in [-0.05, 0) is 41.9 Å². The first kappa shape index (κ1) is 23.0. The van der Waals surface area contributed by atoms with Crippen molar-refractivity contribution in [1.82, 2.24) is 0 Å². The number of hydrogen-bond donors (Lipinski definition) is 0. The molecule has 0 spiro atoms. The Morgan fingerprint density at radius 1 is 1.22 bits per heavy atom. The summed E-state index contributed by atoms with van der Waals surface area (Å²) in [7, 11) is 0.860. The lowest BCUT2D eigenvalue weighted by Gasteiger charge is -2.38. The third-order valence-electron chi connectivity index (χ3n) is 4.71. The van der Waals surface area contributed by atoms with Gasteiger partial charge < -0.3 is 18.6 Å². The molecule has 0 amide bonds. The van der Waals surface area contributed by atoms with Gasteiger partial charge in [0.05, 0.1) is 20.3 Å². The highest BCUT2D eigenvalue weighted by atomic mass is 28.4. The van der Waals surface area contributed by atoms with E-state index in [0.717, 1.165) is 5.56 Å². The molecule has 1 atom stereocenters. The summed E-state index contributed by atoms with van der Waals surface area (Å²) in [6.45, 7) is 14.9. The Kier molecular flexibility index (Phi) is 8.31. The lowest BCUT2D eigenvalue weighted by Crippen LogP contribution is -2.41. The van der Waals surface area contributed by atoms with E-state index in [1.807, 2.05) is 18.2 Å². The highest BCUT2D eigenvalue weighted by Crippen LogP contribution is 2.41. The van der Waals surface area contributed by atoms with Crippen molar-refractivity contribution in [3.63, 3.8) is 0 Å². The molecule has 0 heterocycles. The van der Waals surface area contributed by atoms with E-state index < -0.39 is 20.4 Å². The molecule has 0 aliphatic carbocycles. The molecule has 0 saturated carbocycles. The number of rotatable bonds is 9. The molecule has 1 aromatic rings. The Balaban J connectivity index is 3.27. The summed E-state index contributed by atoms with van der Waals surface area (Å²) in [6.07, 6.45) is 4.40. The van der Waals surface area contributed by atoms with E-state index in [9.17, 15) is 4.79 Å². The van der Waals surface area contributed by atoms with Gasteiger partial charge in [0, 0.05) is 6.08 Å². The van der Waals surface area contributed by atoms with Gasteiger partial charge in [0.1, 0.15) is 6.61 Å². The lowest BCUT2D eigenvalue weighted by atomic mass is 10.1. The third kappa shape index (κ3) is 6.56. The van der Waals surface area contributed by atoms with Crippen LogP contribution in [0.4, 0.5) is 0 Å². The molecule has 1 unspecified atom stereocenters. The minimum Gasteiger partial charge on any atom is -0.493 e. The summed E-state index contributed by atoms with van der Waals surface area (Å²) >= 11 is 0. The zero-order chi connectivity index (χ0) is 20.7. The van der Waals surface area contributed by atoms with Gasteiger partial charge in [-0.3, -0.25) is 0 Å². The number of ether oxygens (including phenoxy) is 3. The number of carbonyl (C=O) groups excluding carboxylic acids is 1. The van der Waals surface area contributed by atoms with Crippen LogP contribution in [0.15, 0.2) is 43.0 Å². The molecule has 27 heavy (non-hydrogen) atoms. The average Bonchev–Trinajstić information content (AvgIpc) is 2.61. The van der Waals surface area contributed by atoms with Crippen molar-refractivity contribution in [3.05, 3.63) is 48.6 Å². The van der Waals surface area contributed by atoms with Crippen molar-refractivity contribution in [1.29, 1.82) is 0 Å². The van der Waals surface area contributed by atoms with E-state index in [-0.39, 0.29) is 5.04 Å². The molecule has 0 fully saturated rings. The zero-order valence-electron chi connectivity index (χ0n) is 17.5. The number of benzene rings is 1. The number of esters is 1. The predicted octanol–water partition coefficient (Wildman–Crippen LogP) is 5.05. The molecule has 0 aliphatic rings. The fraction of sp³-hybridized carbons (Fsp3) is 0.476. The predicted molar refractivity (Wildman–Crippen MR) is 111 cm³/mol. The van der Waals surface area contributed by atoms with E-state index in [1.165, 1.54) is 13.2 Å². The third-order valence-corrected chi connectivity index (χ3v) is 9.16. The van der Waals surface area contributed by atoms with E-state index in [2.05, 4.69) is 40.4 Å². The summed E-state index contributed by atoms with van der Waals surface area (Å²) < 4.78 is 22.3. The molecule has 0 aliphatic heterocycles. The van der Waals surface area contributed by atoms with Gasteiger partial charge in [-0.25, -0.2) is 4.79 Å². The van der Waals surface area contributed by atoms with Crippen molar-refractivity contribution < 1.29 is 23.4 Å². The Bertz CT molecular complexity index is 674. The van der Waals surface area contributed by atoms with Crippen LogP contribution < -0.4 is 9.47 Å². The number of hydrogen-bond acceptors (Lipinski definition) is 5. The standard InChI is InChI=1S/C21H32O5Si/c1-9-14-25-18-11-10-16(15-19(18)23-5)17(12-13-20(22)24-6)26-27(7,8)21(2,3)4/h9-13,15,17H,1,14H2,2-8H3/b13-12+. The molecule has 6 heteroatoms. The number of methoxy groups -OCH3 is 2. The molecule has 0 aromatic heterocycles. The van der Waals surface area contributed by atoms with Crippen LogP contribution >= 0.6 is 0 Å². The van der Waals surface area contributed by atoms with Gasteiger partial charge >= 0.3 is 5.97 Å². The van der Waals surface area contributed by atoms with Crippen molar-refractivity contribution >= 4 is 14.3 Å². The van der Waals surface area contributed by atoms with Crippen molar-refractivity contribution in [2.45, 2.75) is 45.0 Å². The molecular formula is C21H32O5Si. The minimum absolute atomic E-state index is 0.0292. The topological polar surface area (TPSA) is 54.0 Å². The van der Waals surface area contributed by atoms with Gasteiger partial charge in [-0.2, -0.15) is 0 Å². The van der Waals surface area contributed by atoms with Crippen LogP contribution in [0.2, 0.25) is 18.1 Å². The Morgan fingerprint density at radius 3 is 2.41 bits per heavy atom. The van der Waals surface area contributed by atoms with Crippen molar-refractivity contribution in [2.75, 3.05) is 20.8 Å². The Morgan fingerprint density at radius 2 is 1.89 bits per heavy atom. The highest BCUT2D eigenvalue weighted by Gasteiger charge is 2.39. The second-order valence-electron chi connectivity index (χ2n) is 7.69. The Hall–Kier alpha value is -2.05. The van der Waals surface area contributed by atoms with E-state index in [0.29, 0.717) is 18.1 Å². The van der Waals surface area contributed by atoms with Gasteiger partial charge in [-0.15, -0.1) is 0 Å². The quantitative estimate of drug-likeness (QED) is 0.255. The second-order valence-corrected chi connectivity index (χ2v) is 12.4. The SMILES string of the molecule is C=CCOc1ccc(C(/C=C/C(=O)OC)O[Si](C)(C)C(C)(C)C)cc1OC. The van der Waals surface area contributed by atoms with Crippen LogP contribution in [0.3, 0.4) is 0 Å². The normalized spacial score (nSPS) is 13.3. The molecular weight excluding hydrogens is 360 g/mol. The first-order valence-electron chi connectivity index (χ1n) is 8.91. The molecule has 0 saturated heterocycles.